The molecule has 0 saturated carbocycles. The van der Waals surface area contributed by atoms with Crippen LogP contribution in [0.5, 0.6) is 5.75 Å². The highest BCUT2D eigenvalue weighted by atomic mass is 79.9. The fraction of sp³-hybridized carbons (Fsp3) is 0.389. The van der Waals surface area contributed by atoms with Gasteiger partial charge in [-0.2, -0.15) is 0 Å². The summed E-state index contributed by atoms with van der Waals surface area (Å²) in [4.78, 5) is 12.5. The second-order valence-corrected chi connectivity index (χ2v) is 12.9. The molecule has 0 aliphatic rings. The van der Waals surface area contributed by atoms with Crippen molar-refractivity contribution in [3.8, 4) is 5.75 Å². The maximum atomic E-state index is 12.5. The molecule has 3 nitrogen and oxygen atoms in total. The van der Waals surface area contributed by atoms with Crippen LogP contribution in [-0.2, 0) is 0 Å². The Morgan fingerprint density at radius 1 is 1.17 bits per heavy atom. The first kappa shape index (κ1) is 18.0. The average Bonchev–Trinajstić information content (AvgIpc) is 2.44. The Kier molecular flexibility index (Phi) is 4.92. The molecule has 0 fully saturated rings. The predicted octanol–water partition coefficient (Wildman–Crippen LogP) is 5.35. The number of hydrogen-bond acceptors (Lipinski definition) is 2. The molecule has 2 aromatic carbocycles. The molecule has 0 aliphatic heterocycles. The van der Waals surface area contributed by atoms with Crippen LogP contribution in [0, 0.1) is 0 Å². The van der Waals surface area contributed by atoms with E-state index in [1.165, 1.54) is 0 Å². The predicted molar refractivity (Wildman–Crippen MR) is 103 cm³/mol. The van der Waals surface area contributed by atoms with E-state index in [9.17, 15) is 4.79 Å². The standard InChI is InChI=1S/C18H24BrNO2Si/c1-18(2,3)23(5,6)22-15-10-7-12-11-13(19)8-9-14(12)16(15)17(21)20-4/h7-11H,1-6H3,(H,20,21). The summed E-state index contributed by atoms with van der Waals surface area (Å²) in [6, 6.07) is 9.85. The minimum atomic E-state index is -2.02. The van der Waals surface area contributed by atoms with E-state index in [1.54, 1.807) is 7.05 Å². The zero-order valence-corrected chi connectivity index (χ0v) is 17.2. The normalized spacial score (nSPS) is 12.3. The molecule has 0 bridgehead atoms. The van der Waals surface area contributed by atoms with Crippen molar-refractivity contribution in [3.05, 3.63) is 40.4 Å². The molecule has 0 radical (unpaired) electrons. The van der Waals surface area contributed by atoms with Crippen molar-refractivity contribution in [2.45, 2.75) is 38.9 Å². The Hall–Kier alpha value is -1.33. The van der Waals surface area contributed by atoms with Gasteiger partial charge in [0.1, 0.15) is 5.75 Å². The minimum Gasteiger partial charge on any atom is -0.543 e. The number of hydrogen-bond donors (Lipinski definition) is 1. The Morgan fingerprint density at radius 3 is 2.39 bits per heavy atom. The van der Waals surface area contributed by atoms with E-state index in [0.717, 1.165) is 15.2 Å². The first-order chi connectivity index (χ1) is 10.6. The zero-order chi connectivity index (χ0) is 17.4. The average molecular weight is 394 g/mol. The Bertz CT molecular complexity index is 751. The summed E-state index contributed by atoms with van der Waals surface area (Å²) in [5, 5.41) is 4.73. The summed E-state index contributed by atoms with van der Waals surface area (Å²) in [6.45, 7) is 10.9. The van der Waals surface area contributed by atoms with E-state index < -0.39 is 8.32 Å². The molecule has 124 valence electrons. The van der Waals surface area contributed by atoms with Gasteiger partial charge in [0.25, 0.3) is 14.2 Å². The third kappa shape index (κ3) is 3.61. The Morgan fingerprint density at radius 2 is 1.83 bits per heavy atom. The van der Waals surface area contributed by atoms with Crippen molar-refractivity contribution in [1.82, 2.24) is 5.32 Å². The molecule has 0 aromatic heterocycles. The molecule has 0 saturated heterocycles. The minimum absolute atomic E-state index is 0.0711. The molecule has 23 heavy (non-hydrogen) atoms. The maximum absolute atomic E-state index is 12.5. The van der Waals surface area contributed by atoms with Gasteiger partial charge in [-0.05, 0) is 47.1 Å². The number of carbonyl (C=O) groups excluding carboxylic acids is 1. The van der Waals surface area contributed by atoms with E-state index in [0.29, 0.717) is 11.3 Å². The lowest BCUT2D eigenvalue weighted by Crippen LogP contribution is -2.44. The van der Waals surface area contributed by atoms with Crippen molar-refractivity contribution in [2.24, 2.45) is 0 Å². The van der Waals surface area contributed by atoms with Crippen LogP contribution >= 0.6 is 15.9 Å². The maximum Gasteiger partial charge on any atom is 0.255 e. The fourth-order valence-corrected chi connectivity index (χ4v) is 3.56. The number of nitrogens with one attached hydrogen (secondary N) is 1. The topological polar surface area (TPSA) is 38.3 Å². The van der Waals surface area contributed by atoms with Crippen LogP contribution in [0.15, 0.2) is 34.8 Å². The quantitative estimate of drug-likeness (QED) is 0.713. The van der Waals surface area contributed by atoms with Crippen molar-refractivity contribution in [1.29, 1.82) is 0 Å². The summed E-state index contributed by atoms with van der Waals surface area (Å²) < 4.78 is 7.42. The third-order valence-electron chi connectivity index (χ3n) is 4.57. The van der Waals surface area contributed by atoms with Gasteiger partial charge in [-0.25, -0.2) is 0 Å². The van der Waals surface area contributed by atoms with Crippen LogP contribution in [0.2, 0.25) is 18.1 Å². The highest BCUT2D eigenvalue weighted by Gasteiger charge is 2.39. The molecule has 0 aliphatic carbocycles. The number of benzene rings is 2. The smallest absolute Gasteiger partial charge is 0.255 e. The molecular formula is C18H24BrNO2Si. The Labute approximate surface area is 147 Å². The number of carbonyl (C=O) groups is 1. The summed E-state index contributed by atoms with van der Waals surface area (Å²) in [7, 11) is -0.374. The van der Waals surface area contributed by atoms with Gasteiger partial charge in [0.05, 0.1) is 5.56 Å². The van der Waals surface area contributed by atoms with Crippen LogP contribution in [0.4, 0.5) is 0 Å². The second kappa shape index (κ2) is 6.28. The highest BCUT2D eigenvalue weighted by molar-refractivity contribution is 9.10. The summed E-state index contributed by atoms with van der Waals surface area (Å²) in [5.74, 6) is 0.553. The third-order valence-corrected chi connectivity index (χ3v) is 9.40. The highest BCUT2D eigenvalue weighted by Crippen LogP contribution is 2.39. The Balaban J connectivity index is 2.64. The monoisotopic (exact) mass is 393 g/mol. The van der Waals surface area contributed by atoms with Gasteiger partial charge < -0.3 is 9.74 Å². The van der Waals surface area contributed by atoms with Crippen LogP contribution in [-0.4, -0.2) is 21.3 Å². The lowest BCUT2D eigenvalue weighted by atomic mass is 10.0. The van der Waals surface area contributed by atoms with Gasteiger partial charge >= 0.3 is 0 Å². The summed E-state index contributed by atoms with van der Waals surface area (Å²) in [5.41, 5.74) is 0.613. The van der Waals surface area contributed by atoms with E-state index in [1.807, 2.05) is 30.3 Å². The lowest BCUT2D eigenvalue weighted by Gasteiger charge is -2.37. The van der Waals surface area contributed by atoms with Crippen LogP contribution in [0.3, 0.4) is 0 Å². The van der Waals surface area contributed by atoms with Crippen molar-refractivity contribution in [3.63, 3.8) is 0 Å². The van der Waals surface area contributed by atoms with Crippen molar-refractivity contribution >= 4 is 40.9 Å². The molecule has 1 amide bonds. The second-order valence-electron chi connectivity index (χ2n) is 7.25. The first-order valence-electron chi connectivity index (χ1n) is 7.70. The molecule has 1 N–H and O–H groups in total. The molecule has 0 unspecified atom stereocenters. The summed E-state index contributed by atoms with van der Waals surface area (Å²) >= 11 is 3.48. The van der Waals surface area contributed by atoms with Gasteiger partial charge in [-0.3, -0.25) is 4.79 Å². The van der Waals surface area contributed by atoms with Gasteiger partial charge in [0, 0.05) is 11.5 Å². The molecular weight excluding hydrogens is 370 g/mol. The number of rotatable bonds is 3. The van der Waals surface area contributed by atoms with Crippen molar-refractivity contribution in [2.75, 3.05) is 7.05 Å². The van der Waals surface area contributed by atoms with Gasteiger partial charge in [-0.1, -0.05) is 48.8 Å². The van der Waals surface area contributed by atoms with E-state index >= 15 is 0 Å². The van der Waals surface area contributed by atoms with Gasteiger partial charge in [0.15, 0.2) is 0 Å². The molecule has 0 spiro atoms. The van der Waals surface area contributed by atoms with E-state index in [2.05, 4.69) is 55.1 Å². The summed E-state index contributed by atoms with van der Waals surface area (Å²) in [6.07, 6.45) is 0. The molecule has 0 heterocycles. The van der Waals surface area contributed by atoms with Crippen molar-refractivity contribution < 1.29 is 9.22 Å². The molecule has 2 rings (SSSR count). The van der Waals surface area contributed by atoms with E-state index in [-0.39, 0.29) is 10.9 Å². The van der Waals surface area contributed by atoms with Crippen LogP contribution in [0.1, 0.15) is 31.1 Å². The van der Waals surface area contributed by atoms with E-state index in [4.69, 9.17) is 4.43 Å². The SMILES string of the molecule is CNC(=O)c1c(O[Si](C)(C)C(C)(C)C)ccc2cc(Br)ccc12. The largest absolute Gasteiger partial charge is 0.543 e. The number of fused-ring (bicyclic) bond motifs is 1. The van der Waals surface area contributed by atoms with Crippen LogP contribution in [0.25, 0.3) is 10.8 Å². The fourth-order valence-electron chi connectivity index (χ4n) is 2.15. The van der Waals surface area contributed by atoms with Gasteiger partial charge in [-0.15, -0.1) is 0 Å². The number of halogens is 1. The first-order valence-corrected chi connectivity index (χ1v) is 11.4. The van der Waals surface area contributed by atoms with Gasteiger partial charge in [0.2, 0.25) is 0 Å². The number of amides is 1. The molecule has 5 heteroatoms. The lowest BCUT2D eigenvalue weighted by molar-refractivity contribution is 0.0963. The van der Waals surface area contributed by atoms with Crippen LogP contribution < -0.4 is 9.74 Å². The molecule has 2 aromatic rings. The zero-order valence-electron chi connectivity index (χ0n) is 14.6. The molecule has 0 atom stereocenters.